The Hall–Kier alpha value is -2.98. The minimum absolute atomic E-state index is 0.164. The summed E-state index contributed by atoms with van der Waals surface area (Å²) < 4.78 is 26.0. The Balaban J connectivity index is 1.43. The number of nitrogens with zero attached hydrogens (tertiary/aromatic N) is 3. The first-order chi connectivity index (χ1) is 15.2. The molecular weight excluding hydrogens is 432 g/mol. The zero-order chi connectivity index (χ0) is 23.0. The van der Waals surface area contributed by atoms with Crippen LogP contribution >= 0.6 is 0 Å². The lowest BCUT2D eigenvalue weighted by atomic mass is 10.1. The van der Waals surface area contributed by atoms with E-state index in [9.17, 15) is 22.8 Å². The van der Waals surface area contributed by atoms with Gasteiger partial charge in [0.2, 0.25) is 15.9 Å². The van der Waals surface area contributed by atoms with Crippen molar-refractivity contribution < 1.29 is 22.8 Å². The van der Waals surface area contributed by atoms with Crippen LogP contribution in [0, 0.1) is 0 Å². The van der Waals surface area contributed by atoms with Gasteiger partial charge in [0.25, 0.3) is 5.91 Å². The Kier molecular flexibility index (Phi) is 5.91. The number of urea groups is 1. The molecule has 32 heavy (non-hydrogen) atoms. The maximum Gasteiger partial charge on any atom is 0.329 e. The third-order valence-corrected chi connectivity index (χ3v) is 8.23. The van der Waals surface area contributed by atoms with Crippen molar-refractivity contribution in [2.45, 2.75) is 31.6 Å². The predicted octanol–water partition coefficient (Wildman–Crippen LogP) is 1.54. The van der Waals surface area contributed by atoms with E-state index in [0.717, 1.165) is 15.7 Å². The summed E-state index contributed by atoms with van der Waals surface area (Å²) in [6, 6.07) is 11.3. The Morgan fingerprint density at radius 2 is 1.69 bits per heavy atom. The standard InChI is InChI=1S/C22H26N4O5S/c1-15(2)32(30,31)25-12-10-24(11-13-25)20(27)14-18-21(28)26(22(29)23-18)19-9-5-7-16-6-3-4-8-17(16)19/h3-9,15,18H,10-14H2,1-2H3,(H,23,29). The highest BCUT2D eigenvalue weighted by atomic mass is 32.2. The van der Waals surface area contributed by atoms with E-state index < -0.39 is 33.3 Å². The molecule has 2 aliphatic rings. The molecule has 2 heterocycles. The largest absolute Gasteiger partial charge is 0.340 e. The molecule has 0 aromatic heterocycles. The molecule has 10 heteroatoms. The Morgan fingerprint density at radius 1 is 1.03 bits per heavy atom. The van der Waals surface area contributed by atoms with Gasteiger partial charge >= 0.3 is 6.03 Å². The molecule has 2 fully saturated rings. The second-order valence-electron chi connectivity index (χ2n) is 8.25. The number of imide groups is 1. The molecule has 2 aliphatic heterocycles. The summed E-state index contributed by atoms with van der Waals surface area (Å²) in [7, 11) is -3.37. The van der Waals surface area contributed by atoms with Crippen molar-refractivity contribution in [2.24, 2.45) is 0 Å². The summed E-state index contributed by atoms with van der Waals surface area (Å²) in [6.45, 7) is 4.21. The fraction of sp³-hybridized carbons (Fsp3) is 0.409. The summed E-state index contributed by atoms with van der Waals surface area (Å²) in [4.78, 5) is 41.1. The molecule has 0 spiro atoms. The Labute approximate surface area is 187 Å². The summed E-state index contributed by atoms with van der Waals surface area (Å²) in [5, 5.41) is 3.77. The van der Waals surface area contributed by atoms with Crippen LogP contribution in [0.3, 0.4) is 0 Å². The molecule has 1 unspecified atom stereocenters. The quantitative estimate of drug-likeness (QED) is 0.684. The highest BCUT2D eigenvalue weighted by Crippen LogP contribution is 2.29. The van der Waals surface area contributed by atoms with Gasteiger partial charge in [-0.15, -0.1) is 0 Å². The molecule has 4 rings (SSSR count). The molecule has 170 valence electrons. The lowest BCUT2D eigenvalue weighted by Crippen LogP contribution is -2.52. The maximum absolute atomic E-state index is 13.0. The van der Waals surface area contributed by atoms with Crippen molar-refractivity contribution in [1.82, 2.24) is 14.5 Å². The summed E-state index contributed by atoms with van der Waals surface area (Å²) in [5.74, 6) is -0.759. The molecule has 2 saturated heterocycles. The highest BCUT2D eigenvalue weighted by Gasteiger charge is 2.41. The van der Waals surface area contributed by atoms with Crippen LogP contribution in [-0.2, 0) is 19.6 Å². The molecule has 2 aromatic carbocycles. The van der Waals surface area contributed by atoms with Crippen LogP contribution < -0.4 is 10.2 Å². The number of carbonyl (C=O) groups is 3. The fourth-order valence-electron chi connectivity index (χ4n) is 4.09. The number of sulfonamides is 1. The number of hydrogen-bond acceptors (Lipinski definition) is 5. The minimum Gasteiger partial charge on any atom is -0.340 e. The number of nitrogens with one attached hydrogen (secondary N) is 1. The Morgan fingerprint density at radius 3 is 2.38 bits per heavy atom. The third-order valence-electron chi connectivity index (χ3n) is 5.95. The van der Waals surface area contributed by atoms with E-state index in [-0.39, 0.29) is 38.5 Å². The molecule has 0 bridgehead atoms. The lowest BCUT2D eigenvalue weighted by Gasteiger charge is -2.35. The Bertz CT molecular complexity index is 1170. The SMILES string of the molecule is CC(C)S(=O)(=O)N1CCN(C(=O)CC2NC(=O)N(c3cccc4ccccc34)C2=O)CC1. The van der Waals surface area contributed by atoms with Crippen LogP contribution in [0.1, 0.15) is 20.3 Å². The molecule has 9 nitrogen and oxygen atoms in total. The van der Waals surface area contributed by atoms with Gasteiger partial charge in [0.1, 0.15) is 6.04 Å². The lowest BCUT2D eigenvalue weighted by molar-refractivity contribution is -0.134. The first-order valence-electron chi connectivity index (χ1n) is 10.6. The summed E-state index contributed by atoms with van der Waals surface area (Å²) >= 11 is 0. The monoisotopic (exact) mass is 458 g/mol. The predicted molar refractivity (Wildman–Crippen MR) is 121 cm³/mol. The topological polar surface area (TPSA) is 107 Å². The van der Waals surface area contributed by atoms with Gasteiger partial charge in [0.15, 0.2) is 0 Å². The van der Waals surface area contributed by atoms with Gasteiger partial charge in [-0.25, -0.2) is 18.1 Å². The second-order valence-corrected chi connectivity index (χ2v) is 10.7. The van der Waals surface area contributed by atoms with Crippen LogP contribution in [0.15, 0.2) is 42.5 Å². The van der Waals surface area contributed by atoms with Crippen LogP contribution in [-0.4, -0.2) is 72.9 Å². The van der Waals surface area contributed by atoms with Crippen molar-refractivity contribution >= 4 is 44.3 Å². The average molecular weight is 459 g/mol. The molecule has 0 saturated carbocycles. The zero-order valence-corrected chi connectivity index (χ0v) is 18.8. The van der Waals surface area contributed by atoms with Gasteiger partial charge in [0, 0.05) is 31.6 Å². The van der Waals surface area contributed by atoms with Crippen LogP contribution in [0.4, 0.5) is 10.5 Å². The molecular formula is C22H26N4O5S. The number of carbonyl (C=O) groups excluding carboxylic acids is 3. The zero-order valence-electron chi connectivity index (χ0n) is 18.0. The third kappa shape index (κ3) is 3.95. The minimum atomic E-state index is -3.37. The van der Waals surface area contributed by atoms with E-state index >= 15 is 0 Å². The van der Waals surface area contributed by atoms with E-state index in [4.69, 9.17) is 0 Å². The van der Waals surface area contributed by atoms with E-state index in [1.54, 1.807) is 30.9 Å². The molecule has 1 N–H and O–H groups in total. The molecule has 4 amide bonds. The van der Waals surface area contributed by atoms with Crippen molar-refractivity contribution in [1.29, 1.82) is 0 Å². The van der Waals surface area contributed by atoms with Gasteiger partial charge in [-0.3, -0.25) is 9.59 Å². The number of fused-ring (bicyclic) bond motifs is 1. The maximum atomic E-state index is 13.0. The first kappa shape index (κ1) is 22.2. The van der Waals surface area contributed by atoms with E-state index in [0.29, 0.717) is 5.69 Å². The van der Waals surface area contributed by atoms with Gasteiger partial charge in [0.05, 0.1) is 17.4 Å². The fourth-order valence-corrected chi connectivity index (χ4v) is 5.36. The number of hydrogen-bond donors (Lipinski definition) is 1. The first-order valence-corrected chi connectivity index (χ1v) is 12.1. The molecule has 0 aliphatic carbocycles. The number of anilines is 1. The summed E-state index contributed by atoms with van der Waals surface area (Å²) in [5.41, 5.74) is 0.480. The number of benzene rings is 2. The molecule has 0 radical (unpaired) electrons. The van der Waals surface area contributed by atoms with Gasteiger partial charge in [-0.2, -0.15) is 4.31 Å². The number of amides is 4. The van der Waals surface area contributed by atoms with Crippen LogP contribution in [0.25, 0.3) is 10.8 Å². The van der Waals surface area contributed by atoms with Crippen LogP contribution in [0.5, 0.6) is 0 Å². The second kappa shape index (κ2) is 8.51. The molecule has 1 atom stereocenters. The van der Waals surface area contributed by atoms with Crippen molar-refractivity contribution in [3.8, 4) is 0 Å². The van der Waals surface area contributed by atoms with Crippen LogP contribution in [0.2, 0.25) is 0 Å². The smallest absolute Gasteiger partial charge is 0.329 e. The summed E-state index contributed by atoms with van der Waals surface area (Å²) in [6.07, 6.45) is -0.164. The normalized spacial score (nSPS) is 20.3. The average Bonchev–Trinajstić information content (AvgIpc) is 3.05. The number of rotatable bonds is 5. The number of piperazine rings is 1. The van der Waals surface area contributed by atoms with E-state index in [2.05, 4.69) is 5.32 Å². The van der Waals surface area contributed by atoms with Crippen molar-refractivity contribution in [2.75, 3.05) is 31.1 Å². The van der Waals surface area contributed by atoms with Crippen molar-refractivity contribution in [3.05, 3.63) is 42.5 Å². The van der Waals surface area contributed by atoms with Gasteiger partial charge in [-0.1, -0.05) is 36.4 Å². The van der Waals surface area contributed by atoms with Gasteiger partial charge < -0.3 is 10.2 Å². The highest BCUT2D eigenvalue weighted by molar-refractivity contribution is 7.89. The van der Waals surface area contributed by atoms with E-state index in [1.165, 1.54) is 4.31 Å². The molecule has 2 aromatic rings. The van der Waals surface area contributed by atoms with E-state index in [1.807, 2.05) is 30.3 Å². The van der Waals surface area contributed by atoms with Gasteiger partial charge in [-0.05, 0) is 25.3 Å². The van der Waals surface area contributed by atoms with Crippen molar-refractivity contribution in [3.63, 3.8) is 0 Å².